The molecule has 2 N–H and O–H groups in total. The molecular formula is C10H22N2S. The highest BCUT2D eigenvalue weighted by Crippen LogP contribution is 2.18. The molecule has 0 aromatic heterocycles. The molecule has 0 aromatic carbocycles. The highest BCUT2D eigenvalue weighted by atomic mass is 32.2. The number of thioether (sulfide) groups is 1. The average molecular weight is 202 g/mol. The van der Waals surface area contributed by atoms with Gasteiger partial charge in [0.05, 0.1) is 0 Å². The van der Waals surface area contributed by atoms with E-state index in [4.69, 9.17) is 5.73 Å². The molecule has 2 unspecified atom stereocenters. The van der Waals surface area contributed by atoms with Crippen LogP contribution in [0.2, 0.25) is 0 Å². The van der Waals surface area contributed by atoms with E-state index in [2.05, 4.69) is 30.5 Å². The first-order valence-electron chi connectivity index (χ1n) is 5.28. The monoisotopic (exact) mass is 202 g/mol. The van der Waals surface area contributed by atoms with E-state index >= 15 is 0 Å². The number of nitrogens with two attached hydrogens (primary N) is 1. The molecule has 1 rings (SSSR count). The molecule has 78 valence electrons. The Labute approximate surface area is 86.2 Å². The van der Waals surface area contributed by atoms with Crippen LogP contribution in [0, 0.1) is 0 Å². The van der Waals surface area contributed by atoms with E-state index in [1.54, 1.807) is 0 Å². The lowest BCUT2D eigenvalue weighted by atomic mass is 10.2. The van der Waals surface area contributed by atoms with Crippen molar-refractivity contribution in [2.75, 3.05) is 25.4 Å². The topological polar surface area (TPSA) is 29.3 Å². The van der Waals surface area contributed by atoms with E-state index in [1.807, 2.05) is 0 Å². The molecule has 3 heteroatoms. The zero-order chi connectivity index (χ0) is 9.68. The number of hydrogen-bond acceptors (Lipinski definition) is 3. The Bertz CT molecular complexity index is 139. The van der Waals surface area contributed by atoms with E-state index < -0.39 is 0 Å². The molecule has 0 aliphatic carbocycles. The lowest BCUT2D eigenvalue weighted by molar-refractivity contribution is 0.281. The van der Waals surface area contributed by atoms with E-state index in [-0.39, 0.29) is 0 Å². The first-order valence-corrected chi connectivity index (χ1v) is 6.33. The summed E-state index contributed by atoms with van der Waals surface area (Å²) in [5, 5.41) is 0.847. The summed E-state index contributed by atoms with van der Waals surface area (Å²) in [6, 6.07) is 0.355. The molecule has 1 saturated heterocycles. The third-order valence-electron chi connectivity index (χ3n) is 2.56. The maximum Gasteiger partial charge on any atom is 0.00725 e. The van der Waals surface area contributed by atoms with Gasteiger partial charge in [0.15, 0.2) is 0 Å². The normalized spacial score (nSPS) is 28.4. The summed E-state index contributed by atoms with van der Waals surface area (Å²) < 4.78 is 0. The van der Waals surface area contributed by atoms with Crippen molar-refractivity contribution in [3.63, 3.8) is 0 Å². The minimum atomic E-state index is 0.355. The smallest absolute Gasteiger partial charge is 0.00725 e. The standard InChI is InChI=1S/C10H22N2S/c1-9(11)3-5-12-6-4-10(2)13-8-7-12/h9-10H,3-8,11H2,1-2H3. The minimum Gasteiger partial charge on any atom is -0.328 e. The van der Waals surface area contributed by atoms with Crippen LogP contribution in [0.4, 0.5) is 0 Å². The Balaban J connectivity index is 2.18. The van der Waals surface area contributed by atoms with Crippen molar-refractivity contribution in [3.05, 3.63) is 0 Å². The summed E-state index contributed by atoms with van der Waals surface area (Å²) >= 11 is 2.10. The molecule has 0 radical (unpaired) electrons. The van der Waals surface area contributed by atoms with Crippen LogP contribution in [-0.4, -0.2) is 41.6 Å². The molecule has 1 aliphatic rings. The van der Waals surface area contributed by atoms with Gasteiger partial charge in [0.1, 0.15) is 0 Å². The van der Waals surface area contributed by atoms with Crippen LogP contribution in [0.1, 0.15) is 26.7 Å². The quantitative estimate of drug-likeness (QED) is 0.753. The van der Waals surface area contributed by atoms with Gasteiger partial charge in [0.25, 0.3) is 0 Å². The van der Waals surface area contributed by atoms with E-state index in [1.165, 1.54) is 31.8 Å². The Morgan fingerprint density at radius 2 is 2.31 bits per heavy atom. The average Bonchev–Trinajstić information content (AvgIpc) is 2.27. The molecule has 1 aliphatic heterocycles. The van der Waals surface area contributed by atoms with Crippen LogP contribution >= 0.6 is 11.8 Å². The fraction of sp³-hybridized carbons (Fsp3) is 1.00. The first-order chi connectivity index (χ1) is 6.18. The van der Waals surface area contributed by atoms with Gasteiger partial charge in [-0.1, -0.05) is 6.92 Å². The fourth-order valence-electron chi connectivity index (χ4n) is 1.55. The molecule has 1 heterocycles. The summed E-state index contributed by atoms with van der Waals surface area (Å²) in [5.41, 5.74) is 5.74. The largest absolute Gasteiger partial charge is 0.328 e. The molecule has 2 atom stereocenters. The predicted molar refractivity (Wildman–Crippen MR) is 61.2 cm³/mol. The number of rotatable bonds is 3. The molecule has 13 heavy (non-hydrogen) atoms. The van der Waals surface area contributed by atoms with E-state index in [0.717, 1.165) is 11.7 Å². The van der Waals surface area contributed by atoms with Crippen LogP contribution in [-0.2, 0) is 0 Å². The number of hydrogen-bond donors (Lipinski definition) is 1. The van der Waals surface area contributed by atoms with Crippen molar-refractivity contribution in [2.45, 2.75) is 38.0 Å². The molecular weight excluding hydrogens is 180 g/mol. The third kappa shape index (κ3) is 4.89. The van der Waals surface area contributed by atoms with Crippen LogP contribution in [0.15, 0.2) is 0 Å². The Morgan fingerprint density at radius 1 is 1.54 bits per heavy atom. The maximum atomic E-state index is 5.74. The Morgan fingerprint density at radius 3 is 3.00 bits per heavy atom. The maximum absolute atomic E-state index is 5.74. The highest BCUT2D eigenvalue weighted by molar-refractivity contribution is 7.99. The van der Waals surface area contributed by atoms with Crippen LogP contribution < -0.4 is 5.73 Å². The highest BCUT2D eigenvalue weighted by Gasteiger charge is 2.13. The zero-order valence-electron chi connectivity index (χ0n) is 8.83. The molecule has 0 bridgehead atoms. The van der Waals surface area contributed by atoms with Gasteiger partial charge >= 0.3 is 0 Å². The third-order valence-corrected chi connectivity index (χ3v) is 3.79. The lowest BCUT2D eigenvalue weighted by Crippen LogP contribution is -2.31. The van der Waals surface area contributed by atoms with Gasteiger partial charge < -0.3 is 10.6 Å². The van der Waals surface area contributed by atoms with Gasteiger partial charge in [-0.2, -0.15) is 11.8 Å². The van der Waals surface area contributed by atoms with Crippen molar-refractivity contribution < 1.29 is 0 Å². The molecule has 0 saturated carbocycles. The summed E-state index contributed by atoms with van der Waals surface area (Å²) in [7, 11) is 0. The number of nitrogens with zero attached hydrogens (tertiary/aromatic N) is 1. The van der Waals surface area contributed by atoms with Crippen LogP contribution in [0.25, 0.3) is 0 Å². The molecule has 0 aromatic rings. The van der Waals surface area contributed by atoms with E-state index in [0.29, 0.717) is 6.04 Å². The van der Waals surface area contributed by atoms with E-state index in [9.17, 15) is 0 Å². The predicted octanol–water partition coefficient (Wildman–Crippen LogP) is 1.55. The second-order valence-electron chi connectivity index (χ2n) is 4.08. The van der Waals surface area contributed by atoms with Crippen molar-refractivity contribution in [1.29, 1.82) is 0 Å². The minimum absolute atomic E-state index is 0.355. The van der Waals surface area contributed by atoms with Crippen molar-refractivity contribution in [2.24, 2.45) is 5.73 Å². The van der Waals surface area contributed by atoms with Crippen LogP contribution in [0.5, 0.6) is 0 Å². The second-order valence-corrected chi connectivity index (χ2v) is 5.62. The Hall–Kier alpha value is 0.270. The van der Waals surface area contributed by atoms with Crippen molar-refractivity contribution >= 4 is 11.8 Å². The van der Waals surface area contributed by atoms with Crippen LogP contribution in [0.3, 0.4) is 0 Å². The second kappa shape index (κ2) is 5.89. The molecule has 2 nitrogen and oxygen atoms in total. The molecule has 1 fully saturated rings. The van der Waals surface area contributed by atoms with Gasteiger partial charge in [0, 0.05) is 23.6 Å². The fourth-order valence-corrected chi connectivity index (χ4v) is 2.59. The van der Waals surface area contributed by atoms with Crippen molar-refractivity contribution in [1.82, 2.24) is 4.90 Å². The SMILES string of the molecule is CC(N)CCN1CCSC(C)CC1. The molecule has 0 amide bonds. The summed E-state index contributed by atoms with van der Waals surface area (Å²) in [5.74, 6) is 1.29. The van der Waals surface area contributed by atoms with Crippen molar-refractivity contribution in [3.8, 4) is 0 Å². The molecule has 0 spiro atoms. The zero-order valence-corrected chi connectivity index (χ0v) is 9.65. The lowest BCUT2D eigenvalue weighted by Gasteiger charge is -2.20. The van der Waals surface area contributed by atoms with Gasteiger partial charge in [-0.05, 0) is 32.9 Å². The summed E-state index contributed by atoms with van der Waals surface area (Å²) in [6.45, 7) is 8.13. The first kappa shape index (κ1) is 11.3. The van der Waals surface area contributed by atoms with Gasteiger partial charge in [-0.15, -0.1) is 0 Å². The summed E-state index contributed by atoms with van der Waals surface area (Å²) in [4.78, 5) is 2.56. The summed E-state index contributed by atoms with van der Waals surface area (Å²) in [6.07, 6.45) is 2.47. The van der Waals surface area contributed by atoms with Gasteiger partial charge in [-0.3, -0.25) is 0 Å². The van der Waals surface area contributed by atoms with Gasteiger partial charge in [0.2, 0.25) is 0 Å². The Kier molecular flexibility index (Phi) is 5.14. The van der Waals surface area contributed by atoms with Gasteiger partial charge in [-0.25, -0.2) is 0 Å².